The van der Waals surface area contributed by atoms with E-state index in [0.717, 1.165) is 21.4 Å². The normalized spacial score (nSPS) is 11.8. The zero-order valence-corrected chi connectivity index (χ0v) is 16.4. The van der Waals surface area contributed by atoms with Gasteiger partial charge in [0, 0.05) is 21.8 Å². The standard InChI is InChI=1S/C19H15BrCl2N2O/c1-25-17-11-14(22)8-9-15(17)18(12-4-6-13(21)7-5-12)24-19-16(20)3-2-10-23-19/h2-11,18H,1H3,(H,23,24). The second-order valence-electron chi connectivity index (χ2n) is 5.35. The summed E-state index contributed by atoms with van der Waals surface area (Å²) in [5, 5.41) is 4.77. The molecular formula is C19H15BrCl2N2O. The van der Waals surface area contributed by atoms with E-state index < -0.39 is 0 Å². The Bertz CT molecular complexity index is 872. The van der Waals surface area contributed by atoms with Crippen LogP contribution in [0.4, 0.5) is 5.82 Å². The van der Waals surface area contributed by atoms with Crippen molar-refractivity contribution in [3.8, 4) is 5.75 Å². The van der Waals surface area contributed by atoms with Crippen molar-refractivity contribution < 1.29 is 4.74 Å². The predicted molar refractivity (Wildman–Crippen MR) is 107 cm³/mol. The third kappa shape index (κ3) is 4.27. The summed E-state index contributed by atoms with van der Waals surface area (Å²) < 4.78 is 6.41. The summed E-state index contributed by atoms with van der Waals surface area (Å²) in [5.41, 5.74) is 1.98. The van der Waals surface area contributed by atoms with Crippen LogP contribution in [0.1, 0.15) is 17.2 Å². The molecule has 128 valence electrons. The van der Waals surface area contributed by atoms with Gasteiger partial charge in [-0.1, -0.05) is 41.4 Å². The molecule has 1 atom stereocenters. The van der Waals surface area contributed by atoms with Crippen molar-refractivity contribution in [1.82, 2.24) is 4.98 Å². The van der Waals surface area contributed by atoms with Crippen LogP contribution in [0.15, 0.2) is 65.3 Å². The van der Waals surface area contributed by atoms with Crippen molar-refractivity contribution in [2.75, 3.05) is 12.4 Å². The van der Waals surface area contributed by atoms with Crippen molar-refractivity contribution in [3.05, 3.63) is 86.4 Å². The number of hydrogen-bond acceptors (Lipinski definition) is 3. The van der Waals surface area contributed by atoms with Gasteiger partial charge in [-0.3, -0.25) is 0 Å². The molecular weight excluding hydrogens is 423 g/mol. The van der Waals surface area contributed by atoms with Gasteiger partial charge in [0.1, 0.15) is 11.6 Å². The van der Waals surface area contributed by atoms with Crippen LogP contribution in [0.5, 0.6) is 5.75 Å². The molecule has 0 spiro atoms. The van der Waals surface area contributed by atoms with Crippen molar-refractivity contribution in [3.63, 3.8) is 0 Å². The first-order valence-electron chi connectivity index (χ1n) is 7.54. The SMILES string of the molecule is COc1cc(Cl)ccc1C(Nc1ncccc1Br)c1ccc(Cl)cc1. The number of pyridine rings is 1. The highest BCUT2D eigenvalue weighted by Crippen LogP contribution is 2.36. The molecule has 25 heavy (non-hydrogen) atoms. The van der Waals surface area contributed by atoms with Gasteiger partial charge in [0.25, 0.3) is 0 Å². The minimum atomic E-state index is -0.185. The Balaban J connectivity index is 2.09. The van der Waals surface area contributed by atoms with E-state index in [9.17, 15) is 0 Å². The van der Waals surface area contributed by atoms with Crippen LogP contribution in [-0.4, -0.2) is 12.1 Å². The van der Waals surface area contributed by atoms with E-state index in [2.05, 4.69) is 26.2 Å². The predicted octanol–water partition coefficient (Wildman–Crippen LogP) is 6.36. The lowest BCUT2D eigenvalue weighted by Crippen LogP contribution is -2.14. The van der Waals surface area contributed by atoms with Gasteiger partial charge >= 0.3 is 0 Å². The summed E-state index contributed by atoms with van der Waals surface area (Å²) in [4.78, 5) is 4.41. The second kappa shape index (κ2) is 8.09. The van der Waals surface area contributed by atoms with Gasteiger partial charge in [-0.05, 0) is 57.9 Å². The van der Waals surface area contributed by atoms with Crippen LogP contribution in [0.3, 0.4) is 0 Å². The first kappa shape index (κ1) is 18.1. The maximum Gasteiger partial charge on any atom is 0.141 e. The van der Waals surface area contributed by atoms with Crippen LogP contribution < -0.4 is 10.1 Å². The zero-order chi connectivity index (χ0) is 17.8. The molecule has 0 amide bonds. The maximum atomic E-state index is 6.11. The van der Waals surface area contributed by atoms with Crippen LogP contribution in [-0.2, 0) is 0 Å². The summed E-state index contributed by atoms with van der Waals surface area (Å²) in [6, 6.07) is 16.9. The highest BCUT2D eigenvalue weighted by molar-refractivity contribution is 9.10. The summed E-state index contributed by atoms with van der Waals surface area (Å²) in [6.07, 6.45) is 1.74. The molecule has 6 heteroatoms. The first-order valence-corrected chi connectivity index (χ1v) is 9.09. The minimum Gasteiger partial charge on any atom is -0.496 e. The number of nitrogens with one attached hydrogen (secondary N) is 1. The van der Waals surface area contributed by atoms with Crippen LogP contribution >= 0.6 is 39.1 Å². The fraction of sp³-hybridized carbons (Fsp3) is 0.105. The van der Waals surface area contributed by atoms with E-state index in [1.807, 2.05) is 48.5 Å². The maximum absolute atomic E-state index is 6.11. The zero-order valence-electron chi connectivity index (χ0n) is 13.3. The molecule has 0 radical (unpaired) electrons. The van der Waals surface area contributed by atoms with Gasteiger partial charge in [-0.2, -0.15) is 0 Å². The van der Waals surface area contributed by atoms with Gasteiger partial charge in [0.05, 0.1) is 17.6 Å². The number of anilines is 1. The summed E-state index contributed by atoms with van der Waals surface area (Å²) in [5.74, 6) is 1.44. The molecule has 0 fully saturated rings. The second-order valence-corrected chi connectivity index (χ2v) is 7.08. The third-order valence-electron chi connectivity index (χ3n) is 3.75. The molecule has 1 unspecified atom stereocenters. The van der Waals surface area contributed by atoms with Crippen LogP contribution in [0.2, 0.25) is 10.0 Å². The van der Waals surface area contributed by atoms with E-state index in [-0.39, 0.29) is 6.04 Å². The lowest BCUT2D eigenvalue weighted by Gasteiger charge is -2.23. The Morgan fingerprint density at radius 1 is 1.04 bits per heavy atom. The van der Waals surface area contributed by atoms with Crippen LogP contribution in [0.25, 0.3) is 0 Å². The molecule has 0 saturated carbocycles. The molecule has 0 aliphatic carbocycles. The third-order valence-corrected chi connectivity index (χ3v) is 4.88. The lowest BCUT2D eigenvalue weighted by atomic mass is 9.97. The van der Waals surface area contributed by atoms with E-state index in [4.69, 9.17) is 27.9 Å². The number of hydrogen-bond donors (Lipinski definition) is 1. The fourth-order valence-electron chi connectivity index (χ4n) is 2.55. The average Bonchev–Trinajstić information content (AvgIpc) is 2.62. The van der Waals surface area contributed by atoms with Gasteiger partial charge in [-0.15, -0.1) is 0 Å². The molecule has 2 aromatic carbocycles. The number of methoxy groups -OCH3 is 1. The fourth-order valence-corrected chi connectivity index (χ4v) is 3.21. The van der Waals surface area contributed by atoms with E-state index in [0.29, 0.717) is 15.8 Å². The number of benzene rings is 2. The largest absolute Gasteiger partial charge is 0.496 e. The van der Waals surface area contributed by atoms with E-state index in [1.165, 1.54) is 0 Å². The summed E-state index contributed by atoms with van der Waals surface area (Å²) in [6.45, 7) is 0. The summed E-state index contributed by atoms with van der Waals surface area (Å²) in [7, 11) is 1.63. The molecule has 0 aliphatic heterocycles. The molecule has 3 rings (SSSR count). The number of aromatic nitrogens is 1. The molecule has 3 aromatic rings. The Kier molecular flexibility index (Phi) is 5.84. The topological polar surface area (TPSA) is 34.1 Å². The Labute approximate surface area is 165 Å². The quantitative estimate of drug-likeness (QED) is 0.504. The number of halogens is 3. The van der Waals surface area contributed by atoms with Gasteiger partial charge in [0.2, 0.25) is 0 Å². The number of rotatable bonds is 5. The van der Waals surface area contributed by atoms with Gasteiger partial charge < -0.3 is 10.1 Å². The summed E-state index contributed by atoms with van der Waals surface area (Å²) >= 11 is 15.7. The average molecular weight is 438 g/mol. The number of ether oxygens (including phenoxy) is 1. The van der Waals surface area contributed by atoms with Crippen molar-refractivity contribution >= 4 is 44.9 Å². The van der Waals surface area contributed by atoms with Gasteiger partial charge in [-0.25, -0.2) is 4.98 Å². The first-order chi connectivity index (χ1) is 12.1. The number of nitrogens with zero attached hydrogens (tertiary/aromatic N) is 1. The Hall–Kier alpha value is -1.75. The monoisotopic (exact) mass is 436 g/mol. The molecule has 0 bridgehead atoms. The van der Waals surface area contributed by atoms with Crippen molar-refractivity contribution in [1.29, 1.82) is 0 Å². The Morgan fingerprint density at radius 2 is 1.76 bits per heavy atom. The Morgan fingerprint density at radius 3 is 2.44 bits per heavy atom. The van der Waals surface area contributed by atoms with Gasteiger partial charge in [0.15, 0.2) is 0 Å². The minimum absolute atomic E-state index is 0.185. The molecule has 1 aromatic heterocycles. The molecule has 0 saturated heterocycles. The lowest BCUT2D eigenvalue weighted by molar-refractivity contribution is 0.408. The highest BCUT2D eigenvalue weighted by Gasteiger charge is 2.20. The molecule has 1 N–H and O–H groups in total. The smallest absolute Gasteiger partial charge is 0.141 e. The molecule has 1 heterocycles. The van der Waals surface area contributed by atoms with Crippen molar-refractivity contribution in [2.24, 2.45) is 0 Å². The van der Waals surface area contributed by atoms with E-state index in [1.54, 1.807) is 19.4 Å². The van der Waals surface area contributed by atoms with E-state index >= 15 is 0 Å². The highest BCUT2D eigenvalue weighted by atomic mass is 79.9. The molecule has 3 nitrogen and oxygen atoms in total. The van der Waals surface area contributed by atoms with Crippen molar-refractivity contribution in [2.45, 2.75) is 6.04 Å². The molecule has 0 aliphatic rings. The van der Waals surface area contributed by atoms with Crippen LogP contribution in [0, 0.1) is 0 Å².